The molecule has 19 heavy (non-hydrogen) atoms. The molecular weight excluding hydrogens is 262 g/mol. The molecule has 1 rings (SSSR count). The third-order valence-electron chi connectivity index (χ3n) is 3.03. The van der Waals surface area contributed by atoms with E-state index in [4.69, 9.17) is 11.6 Å². The third-order valence-corrected chi connectivity index (χ3v) is 3.30. The van der Waals surface area contributed by atoms with Gasteiger partial charge in [-0.25, -0.2) is 0 Å². The second kappa shape index (κ2) is 8.10. The molecule has 0 aromatic carbocycles. The van der Waals surface area contributed by atoms with Crippen LogP contribution in [0.3, 0.4) is 0 Å². The number of unbranched alkanes of at least 4 members (excludes halogenated alkanes) is 2. The fourth-order valence-electron chi connectivity index (χ4n) is 1.89. The monoisotopic (exact) mass is 283 g/mol. The van der Waals surface area contributed by atoms with Crippen LogP contribution in [0.15, 0.2) is 6.07 Å². The molecule has 0 fully saturated rings. The minimum absolute atomic E-state index is 0.0284. The van der Waals surface area contributed by atoms with E-state index < -0.39 is 0 Å². The van der Waals surface area contributed by atoms with Gasteiger partial charge in [0.2, 0.25) is 0 Å². The number of hydrogen-bond acceptors (Lipinski definition) is 3. The molecule has 0 aliphatic carbocycles. The van der Waals surface area contributed by atoms with E-state index in [2.05, 4.69) is 10.2 Å². The van der Waals surface area contributed by atoms with Gasteiger partial charge in [-0.15, -0.1) is 11.6 Å². The van der Waals surface area contributed by atoms with Crippen molar-refractivity contribution in [1.29, 1.82) is 0 Å². The summed E-state index contributed by atoms with van der Waals surface area (Å²) in [6, 6.07) is 1.82. The first-order chi connectivity index (χ1) is 9.10. The number of carbonyl (C=O) groups excluding carboxylic acids is 1. The molecule has 106 valence electrons. The zero-order chi connectivity index (χ0) is 14.3. The third kappa shape index (κ3) is 4.78. The van der Waals surface area contributed by atoms with Gasteiger partial charge in [-0.2, -0.15) is 10.2 Å². The van der Waals surface area contributed by atoms with E-state index in [1.54, 1.807) is 4.90 Å². The van der Waals surface area contributed by atoms with E-state index in [0.29, 0.717) is 17.9 Å². The average Bonchev–Trinajstić information content (AvgIpc) is 2.42. The maximum absolute atomic E-state index is 12.4. The number of nitrogens with zero attached hydrogens (tertiary/aromatic N) is 3. The highest BCUT2D eigenvalue weighted by molar-refractivity contribution is 6.17. The minimum Gasteiger partial charge on any atom is -0.342 e. The zero-order valence-electron chi connectivity index (χ0n) is 11.9. The summed E-state index contributed by atoms with van der Waals surface area (Å²) in [5.74, 6) is 0.714. The van der Waals surface area contributed by atoms with E-state index in [1.807, 2.05) is 27.0 Å². The van der Waals surface area contributed by atoms with Crippen LogP contribution < -0.4 is 0 Å². The first-order valence-electron chi connectivity index (χ1n) is 6.74. The molecule has 4 nitrogen and oxygen atoms in total. The Bertz CT molecular complexity index is 423. The Hall–Kier alpha value is -1.16. The van der Waals surface area contributed by atoms with Crippen molar-refractivity contribution >= 4 is 17.5 Å². The lowest BCUT2D eigenvalue weighted by molar-refractivity contribution is 0.0790. The Morgan fingerprint density at radius 2 is 2.05 bits per heavy atom. The topological polar surface area (TPSA) is 46.1 Å². The van der Waals surface area contributed by atoms with Crippen molar-refractivity contribution in [3.05, 3.63) is 23.0 Å². The van der Waals surface area contributed by atoms with Gasteiger partial charge < -0.3 is 4.90 Å². The fraction of sp³-hybridized carbons (Fsp3) is 0.643. The first kappa shape index (κ1) is 15.9. The standard InChI is InChI=1S/C14H22ClN3O/c1-4-13-12(10-11(2)16-17-13)14(19)18(3)9-7-5-6-8-15/h10H,4-9H2,1-3H3. The van der Waals surface area contributed by atoms with Crippen molar-refractivity contribution in [3.63, 3.8) is 0 Å². The summed E-state index contributed by atoms with van der Waals surface area (Å²) in [5, 5.41) is 8.10. The molecule has 0 unspecified atom stereocenters. The summed E-state index contributed by atoms with van der Waals surface area (Å²) in [4.78, 5) is 14.1. The van der Waals surface area contributed by atoms with Crippen molar-refractivity contribution in [3.8, 4) is 0 Å². The van der Waals surface area contributed by atoms with Gasteiger partial charge in [0, 0.05) is 19.5 Å². The molecule has 0 aliphatic heterocycles. The molecule has 5 heteroatoms. The molecule has 1 aromatic heterocycles. The van der Waals surface area contributed by atoms with Crippen molar-refractivity contribution in [2.24, 2.45) is 0 Å². The zero-order valence-corrected chi connectivity index (χ0v) is 12.7. The molecule has 0 bridgehead atoms. The van der Waals surface area contributed by atoms with Crippen LogP contribution in [0.1, 0.15) is 47.9 Å². The van der Waals surface area contributed by atoms with Crippen LogP contribution in [0.5, 0.6) is 0 Å². The quantitative estimate of drug-likeness (QED) is 0.571. The van der Waals surface area contributed by atoms with E-state index in [-0.39, 0.29) is 5.91 Å². The number of halogens is 1. The van der Waals surface area contributed by atoms with Crippen molar-refractivity contribution < 1.29 is 4.79 Å². The Morgan fingerprint density at radius 1 is 1.32 bits per heavy atom. The molecule has 1 heterocycles. The van der Waals surface area contributed by atoms with Crippen LogP contribution in [0.2, 0.25) is 0 Å². The van der Waals surface area contributed by atoms with Crippen LogP contribution in [0, 0.1) is 6.92 Å². The SMILES string of the molecule is CCc1nnc(C)cc1C(=O)N(C)CCCCCCl. The maximum Gasteiger partial charge on any atom is 0.255 e. The molecule has 0 saturated heterocycles. The highest BCUT2D eigenvalue weighted by Crippen LogP contribution is 2.11. The number of aryl methyl sites for hydroxylation is 2. The number of amides is 1. The molecule has 0 radical (unpaired) electrons. The van der Waals surface area contributed by atoms with Gasteiger partial charge in [-0.3, -0.25) is 4.79 Å². The first-order valence-corrected chi connectivity index (χ1v) is 7.28. The van der Waals surface area contributed by atoms with Crippen LogP contribution in [0.25, 0.3) is 0 Å². The lowest BCUT2D eigenvalue weighted by Gasteiger charge is -2.18. The van der Waals surface area contributed by atoms with Crippen LogP contribution in [0.4, 0.5) is 0 Å². The molecule has 0 aliphatic rings. The molecule has 0 N–H and O–H groups in total. The molecule has 0 spiro atoms. The normalized spacial score (nSPS) is 10.5. The van der Waals surface area contributed by atoms with Gasteiger partial charge >= 0.3 is 0 Å². The van der Waals surface area contributed by atoms with E-state index in [9.17, 15) is 4.79 Å². The summed E-state index contributed by atoms with van der Waals surface area (Å²) in [6.07, 6.45) is 3.75. The van der Waals surface area contributed by atoms with Crippen LogP contribution in [-0.2, 0) is 6.42 Å². The highest BCUT2D eigenvalue weighted by atomic mass is 35.5. The summed E-state index contributed by atoms with van der Waals surface area (Å²) in [5.41, 5.74) is 2.22. The summed E-state index contributed by atoms with van der Waals surface area (Å²) >= 11 is 5.64. The molecule has 0 atom stereocenters. The summed E-state index contributed by atoms with van der Waals surface area (Å²) in [6.45, 7) is 4.58. The number of rotatable bonds is 7. The Morgan fingerprint density at radius 3 is 2.68 bits per heavy atom. The van der Waals surface area contributed by atoms with Gasteiger partial charge in [-0.1, -0.05) is 13.3 Å². The molecule has 0 saturated carbocycles. The second-order valence-electron chi connectivity index (χ2n) is 4.68. The number of alkyl halides is 1. The van der Waals surface area contributed by atoms with Gasteiger partial charge in [0.25, 0.3) is 5.91 Å². The Labute approximate surface area is 120 Å². The lowest BCUT2D eigenvalue weighted by Crippen LogP contribution is -2.29. The van der Waals surface area contributed by atoms with Crippen LogP contribution >= 0.6 is 11.6 Å². The summed E-state index contributed by atoms with van der Waals surface area (Å²) in [7, 11) is 1.83. The minimum atomic E-state index is 0.0284. The van der Waals surface area contributed by atoms with Crippen molar-refractivity contribution in [2.75, 3.05) is 19.5 Å². The van der Waals surface area contributed by atoms with Gasteiger partial charge in [0.15, 0.2) is 0 Å². The average molecular weight is 284 g/mol. The molecule has 1 amide bonds. The number of aromatic nitrogens is 2. The molecule has 1 aromatic rings. The van der Waals surface area contributed by atoms with Crippen LogP contribution in [-0.4, -0.2) is 40.5 Å². The second-order valence-corrected chi connectivity index (χ2v) is 5.05. The van der Waals surface area contributed by atoms with Gasteiger partial charge in [-0.05, 0) is 32.3 Å². The smallest absolute Gasteiger partial charge is 0.255 e. The lowest BCUT2D eigenvalue weighted by atomic mass is 10.1. The fourth-order valence-corrected chi connectivity index (χ4v) is 2.08. The van der Waals surface area contributed by atoms with E-state index in [1.165, 1.54) is 0 Å². The summed E-state index contributed by atoms with van der Waals surface area (Å²) < 4.78 is 0. The maximum atomic E-state index is 12.4. The van der Waals surface area contributed by atoms with E-state index in [0.717, 1.165) is 37.2 Å². The number of carbonyl (C=O) groups is 1. The predicted octanol–water partition coefficient (Wildman–Crippen LogP) is 2.83. The Kier molecular flexibility index (Phi) is 6.78. The Balaban J connectivity index is 2.68. The van der Waals surface area contributed by atoms with Crippen molar-refractivity contribution in [1.82, 2.24) is 15.1 Å². The van der Waals surface area contributed by atoms with Gasteiger partial charge in [0.1, 0.15) is 0 Å². The number of hydrogen-bond donors (Lipinski definition) is 0. The highest BCUT2D eigenvalue weighted by Gasteiger charge is 2.16. The van der Waals surface area contributed by atoms with Gasteiger partial charge in [0.05, 0.1) is 17.0 Å². The molecular formula is C14H22ClN3O. The largest absolute Gasteiger partial charge is 0.342 e. The predicted molar refractivity (Wildman–Crippen MR) is 77.7 cm³/mol. The van der Waals surface area contributed by atoms with E-state index >= 15 is 0 Å². The van der Waals surface area contributed by atoms with Crippen molar-refractivity contribution in [2.45, 2.75) is 39.5 Å².